The van der Waals surface area contributed by atoms with Crippen molar-refractivity contribution in [2.24, 2.45) is 5.92 Å². The molecule has 2 aromatic rings. The van der Waals surface area contributed by atoms with Gasteiger partial charge in [-0.25, -0.2) is 8.42 Å². The van der Waals surface area contributed by atoms with E-state index >= 15 is 0 Å². The molecule has 156 valence electrons. The summed E-state index contributed by atoms with van der Waals surface area (Å²) in [6, 6.07) is 11.9. The Morgan fingerprint density at radius 1 is 1.17 bits per heavy atom. The van der Waals surface area contributed by atoms with Crippen LogP contribution in [0.15, 0.2) is 47.4 Å². The molecule has 0 bridgehead atoms. The first-order valence-electron chi connectivity index (χ1n) is 9.17. The zero-order chi connectivity index (χ0) is 21.0. The highest BCUT2D eigenvalue weighted by Crippen LogP contribution is 2.26. The average Bonchev–Trinajstić information content (AvgIpc) is 2.74. The molecule has 6 nitrogen and oxygen atoms in total. The summed E-state index contributed by atoms with van der Waals surface area (Å²) in [5.74, 6) is -0.789. The molecule has 1 aliphatic rings. The molecule has 1 unspecified atom stereocenters. The Hall–Kier alpha value is -1.80. The molecule has 0 spiro atoms. The van der Waals surface area contributed by atoms with Gasteiger partial charge in [0.25, 0.3) is 0 Å². The number of sulfonamides is 1. The molecule has 0 aromatic heterocycles. The van der Waals surface area contributed by atoms with Crippen LogP contribution in [-0.2, 0) is 26.1 Å². The third-order valence-corrected chi connectivity index (χ3v) is 7.51. The second-order valence-electron chi connectivity index (χ2n) is 6.85. The van der Waals surface area contributed by atoms with Crippen molar-refractivity contribution in [3.8, 4) is 0 Å². The van der Waals surface area contributed by atoms with Gasteiger partial charge in [-0.1, -0.05) is 29.3 Å². The van der Waals surface area contributed by atoms with E-state index in [9.17, 15) is 13.2 Å². The lowest BCUT2D eigenvalue weighted by atomic mass is 10.0. The molecule has 0 radical (unpaired) electrons. The fourth-order valence-corrected chi connectivity index (χ4v) is 5.11. The number of rotatable bonds is 6. The fourth-order valence-electron chi connectivity index (χ4n) is 3.27. The lowest BCUT2D eigenvalue weighted by Crippen LogP contribution is -2.42. The number of carbonyl (C=O) groups excluding carboxylic acids is 1. The van der Waals surface area contributed by atoms with E-state index in [-0.39, 0.29) is 17.4 Å². The molecule has 29 heavy (non-hydrogen) atoms. The van der Waals surface area contributed by atoms with Gasteiger partial charge in [-0.15, -0.1) is 0 Å². The summed E-state index contributed by atoms with van der Waals surface area (Å²) in [4.78, 5) is 12.0. The van der Waals surface area contributed by atoms with E-state index in [1.807, 2.05) is 6.07 Å². The van der Waals surface area contributed by atoms with Crippen LogP contribution in [0.1, 0.15) is 18.4 Å². The van der Waals surface area contributed by atoms with E-state index in [4.69, 9.17) is 27.9 Å². The minimum Gasteiger partial charge on any atom is -0.469 e. The normalized spacial score (nSPS) is 17.7. The van der Waals surface area contributed by atoms with Crippen LogP contribution in [0.4, 0.5) is 5.69 Å². The summed E-state index contributed by atoms with van der Waals surface area (Å²) in [7, 11) is -2.35. The monoisotopic (exact) mass is 456 g/mol. The van der Waals surface area contributed by atoms with Gasteiger partial charge in [-0.3, -0.25) is 4.79 Å². The van der Waals surface area contributed by atoms with Crippen molar-refractivity contribution >= 4 is 44.9 Å². The predicted octanol–water partition coefficient (Wildman–Crippen LogP) is 4.18. The second kappa shape index (κ2) is 9.34. The minimum absolute atomic E-state index is 0.145. The Labute approximate surface area is 180 Å². The van der Waals surface area contributed by atoms with Gasteiger partial charge < -0.3 is 10.1 Å². The Balaban J connectivity index is 1.66. The smallest absolute Gasteiger partial charge is 0.309 e. The van der Waals surface area contributed by atoms with Gasteiger partial charge >= 0.3 is 5.97 Å². The first-order chi connectivity index (χ1) is 13.8. The number of benzene rings is 2. The SMILES string of the molecule is COC(=O)C1CCCN(S(=O)(=O)c2ccc(NCc3ccc(Cl)c(Cl)c3)cc2)C1. The fraction of sp³-hybridized carbons (Fsp3) is 0.350. The molecule has 9 heteroatoms. The number of hydrogen-bond acceptors (Lipinski definition) is 5. The lowest BCUT2D eigenvalue weighted by molar-refractivity contribution is -0.146. The molecule has 3 rings (SSSR count). The van der Waals surface area contributed by atoms with Crippen LogP contribution in [0.3, 0.4) is 0 Å². The predicted molar refractivity (Wildman–Crippen MR) is 114 cm³/mol. The highest BCUT2D eigenvalue weighted by molar-refractivity contribution is 7.89. The van der Waals surface area contributed by atoms with E-state index in [1.54, 1.807) is 36.4 Å². The summed E-state index contributed by atoms with van der Waals surface area (Å²) in [6.07, 6.45) is 1.26. The molecule has 0 amide bonds. The zero-order valence-electron chi connectivity index (χ0n) is 15.9. The second-order valence-corrected chi connectivity index (χ2v) is 9.60. The van der Waals surface area contributed by atoms with Gasteiger partial charge in [0.2, 0.25) is 10.0 Å². The number of carbonyl (C=O) groups is 1. The van der Waals surface area contributed by atoms with Crippen LogP contribution in [0.5, 0.6) is 0 Å². The summed E-state index contributed by atoms with van der Waals surface area (Å²) < 4.78 is 32.0. The molecule has 0 saturated carbocycles. The average molecular weight is 457 g/mol. The Morgan fingerprint density at radius 3 is 2.55 bits per heavy atom. The summed E-state index contributed by atoms with van der Waals surface area (Å²) >= 11 is 11.9. The van der Waals surface area contributed by atoms with Crippen LogP contribution >= 0.6 is 23.2 Å². The molecule has 0 aliphatic carbocycles. The van der Waals surface area contributed by atoms with Crippen molar-refractivity contribution in [1.82, 2.24) is 4.31 Å². The van der Waals surface area contributed by atoms with E-state index < -0.39 is 15.9 Å². The number of piperidine rings is 1. The van der Waals surface area contributed by atoms with E-state index in [2.05, 4.69) is 5.32 Å². The minimum atomic E-state index is -3.67. The molecule has 1 atom stereocenters. The number of anilines is 1. The molecule has 1 fully saturated rings. The quantitative estimate of drug-likeness (QED) is 0.659. The number of hydrogen-bond donors (Lipinski definition) is 1. The number of halogens is 2. The summed E-state index contributed by atoms with van der Waals surface area (Å²) in [5, 5.41) is 4.21. The van der Waals surface area contributed by atoms with Gasteiger partial charge in [0.05, 0.1) is 28.0 Å². The third-order valence-electron chi connectivity index (χ3n) is 4.89. The summed E-state index contributed by atoms with van der Waals surface area (Å²) in [5.41, 5.74) is 1.74. The first kappa shape index (κ1) is 21.9. The standard InChI is InChI=1S/C20H22Cl2N2O4S/c1-28-20(25)15-3-2-10-24(13-15)29(26,27)17-7-5-16(6-8-17)23-12-14-4-9-18(21)19(22)11-14/h4-9,11,15,23H,2-3,10,12-13H2,1H3. The van der Waals surface area contributed by atoms with Crippen LogP contribution in [0.25, 0.3) is 0 Å². The van der Waals surface area contributed by atoms with Gasteiger partial charge in [0, 0.05) is 25.3 Å². The Kier molecular flexibility index (Phi) is 7.05. The summed E-state index contributed by atoms with van der Waals surface area (Å²) in [6.45, 7) is 1.06. The topological polar surface area (TPSA) is 75.7 Å². The van der Waals surface area contributed by atoms with Crippen LogP contribution < -0.4 is 5.32 Å². The van der Waals surface area contributed by atoms with E-state index in [1.165, 1.54) is 11.4 Å². The Morgan fingerprint density at radius 2 is 1.90 bits per heavy atom. The molecule has 1 heterocycles. The van der Waals surface area contributed by atoms with Crippen molar-refractivity contribution in [3.05, 3.63) is 58.1 Å². The molecule has 1 N–H and O–H groups in total. The molecule has 2 aromatic carbocycles. The maximum atomic E-state index is 12.9. The first-order valence-corrected chi connectivity index (χ1v) is 11.4. The van der Waals surface area contributed by atoms with E-state index in [0.29, 0.717) is 36.0 Å². The molecular formula is C20H22Cl2N2O4S. The Bertz CT molecular complexity index is 980. The van der Waals surface area contributed by atoms with E-state index in [0.717, 1.165) is 11.3 Å². The highest BCUT2D eigenvalue weighted by atomic mass is 35.5. The zero-order valence-corrected chi connectivity index (χ0v) is 18.2. The van der Waals surface area contributed by atoms with Gasteiger partial charge in [0.15, 0.2) is 0 Å². The molecule has 1 aliphatic heterocycles. The van der Waals surface area contributed by atoms with Crippen LogP contribution in [-0.4, -0.2) is 38.9 Å². The number of esters is 1. The third kappa shape index (κ3) is 5.22. The largest absolute Gasteiger partial charge is 0.469 e. The van der Waals surface area contributed by atoms with Crippen LogP contribution in [0, 0.1) is 5.92 Å². The van der Waals surface area contributed by atoms with Crippen molar-refractivity contribution in [2.45, 2.75) is 24.3 Å². The van der Waals surface area contributed by atoms with Crippen molar-refractivity contribution < 1.29 is 17.9 Å². The van der Waals surface area contributed by atoms with Gasteiger partial charge in [0.1, 0.15) is 0 Å². The van der Waals surface area contributed by atoms with Crippen molar-refractivity contribution in [2.75, 3.05) is 25.5 Å². The maximum absolute atomic E-state index is 12.9. The number of methoxy groups -OCH3 is 1. The highest BCUT2D eigenvalue weighted by Gasteiger charge is 2.33. The van der Waals surface area contributed by atoms with Gasteiger partial charge in [-0.05, 0) is 54.8 Å². The van der Waals surface area contributed by atoms with Crippen molar-refractivity contribution in [1.29, 1.82) is 0 Å². The van der Waals surface area contributed by atoms with Crippen LogP contribution in [0.2, 0.25) is 10.0 Å². The molecule has 1 saturated heterocycles. The number of nitrogens with one attached hydrogen (secondary N) is 1. The molecular weight excluding hydrogens is 435 g/mol. The number of nitrogens with zero attached hydrogens (tertiary/aromatic N) is 1. The lowest BCUT2D eigenvalue weighted by Gasteiger charge is -2.30. The maximum Gasteiger partial charge on any atom is 0.309 e. The van der Waals surface area contributed by atoms with Crippen molar-refractivity contribution in [3.63, 3.8) is 0 Å². The van der Waals surface area contributed by atoms with Gasteiger partial charge in [-0.2, -0.15) is 4.31 Å². The number of ether oxygens (including phenoxy) is 1.